The van der Waals surface area contributed by atoms with Gasteiger partial charge in [0, 0.05) is 23.1 Å². The van der Waals surface area contributed by atoms with E-state index in [0.717, 1.165) is 15.9 Å². The predicted octanol–water partition coefficient (Wildman–Crippen LogP) is 1.00. The fourth-order valence-electron chi connectivity index (χ4n) is 3.74. The van der Waals surface area contributed by atoms with E-state index in [0.29, 0.717) is 58.5 Å². The second-order valence-electron chi connectivity index (χ2n) is 7.74. The van der Waals surface area contributed by atoms with Gasteiger partial charge in [-0.2, -0.15) is 0 Å². The van der Waals surface area contributed by atoms with Gasteiger partial charge in [0.1, 0.15) is 6.04 Å². The summed E-state index contributed by atoms with van der Waals surface area (Å²) in [7, 11) is 0. The molecule has 0 aromatic heterocycles. The van der Waals surface area contributed by atoms with E-state index in [1.807, 2.05) is 0 Å². The number of anilines is 1. The number of hydrogen-bond acceptors (Lipinski definition) is 9. The number of amides is 4. The molecule has 4 amide bonds. The number of piperidine rings is 1. The molecule has 1 aromatic carbocycles. The molecule has 1 fully saturated rings. The number of carbonyl (C=O) groups excluding carboxylic acids is 4. The van der Waals surface area contributed by atoms with Crippen molar-refractivity contribution in [1.29, 1.82) is 0 Å². The molecule has 0 saturated carbocycles. The van der Waals surface area contributed by atoms with E-state index < -0.39 is 29.7 Å². The Hall–Kier alpha value is -2.13. The van der Waals surface area contributed by atoms with Crippen LogP contribution >= 0.6 is 22.6 Å². The van der Waals surface area contributed by atoms with Crippen LogP contribution in [0, 0.1) is 0 Å². The second-order valence-corrected chi connectivity index (χ2v) is 8.82. The zero-order valence-electron chi connectivity index (χ0n) is 19.4. The molecule has 0 radical (unpaired) electrons. The van der Waals surface area contributed by atoms with Gasteiger partial charge < -0.3 is 24.3 Å². The summed E-state index contributed by atoms with van der Waals surface area (Å²) in [5.41, 5.74) is 0.957. The van der Waals surface area contributed by atoms with Gasteiger partial charge in [-0.05, 0) is 18.6 Å². The highest BCUT2D eigenvalue weighted by Gasteiger charge is 2.45. The quantitative estimate of drug-likeness (QED) is 0.123. The van der Waals surface area contributed by atoms with Gasteiger partial charge in [-0.3, -0.25) is 29.4 Å². The molecule has 2 aliphatic rings. The van der Waals surface area contributed by atoms with Crippen molar-refractivity contribution in [2.75, 3.05) is 69.1 Å². The van der Waals surface area contributed by atoms with Gasteiger partial charge in [0.2, 0.25) is 11.8 Å². The molecule has 192 valence electrons. The normalized spacial score (nSPS) is 17.6. The SMILES string of the molecule is O=C1CCC(N2C(=O)c3cccc(NCCOCCOCCOCCOCCI)c3C2=O)C(=O)N1. The van der Waals surface area contributed by atoms with Crippen molar-refractivity contribution in [3.63, 3.8) is 0 Å². The van der Waals surface area contributed by atoms with Crippen LogP contribution in [0.2, 0.25) is 0 Å². The minimum absolute atomic E-state index is 0.0801. The number of imide groups is 2. The first-order valence-corrected chi connectivity index (χ1v) is 13.0. The van der Waals surface area contributed by atoms with Crippen LogP contribution < -0.4 is 10.6 Å². The lowest BCUT2D eigenvalue weighted by Gasteiger charge is -2.27. The maximum atomic E-state index is 13.0. The second kappa shape index (κ2) is 14.4. The molecule has 11 nitrogen and oxygen atoms in total. The molecule has 1 unspecified atom stereocenters. The van der Waals surface area contributed by atoms with E-state index in [1.54, 1.807) is 18.2 Å². The van der Waals surface area contributed by atoms with E-state index in [2.05, 4.69) is 33.2 Å². The Morgan fingerprint density at radius 3 is 2.14 bits per heavy atom. The van der Waals surface area contributed by atoms with E-state index in [9.17, 15) is 19.2 Å². The number of carbonyl (C=O) groups is 4. The van der Waals surface area contributed by atoms with Crippen LogP contribution in [0.15, 0.2) is 18.2 Å². The molecule has 12 heteroatoms. The lowest BCUT2D eigenvalue weighted by Crippen LogP contribution is -2.54. The summed E-state index contributed by atoms with van der Waals surface area (Å²) in [5, 5.41) is 5.32. The molecule has 1 atom stereocenters. The first kappa shape index (κ1) is 27.5. The van der Waals surface area contributed by atoms with Crippen molar-refractivity contribution in [3.05, 3.63) is 29.3 Å². The summed E-state index contributed by atoms with van der Waals surface area (Å²) in [4.78, 5) is 50.5. The highest BCUT2D eigenvalue weighted by atomic mass is 127. The van der Waals surface area contributed by atoms with E-state index in [1.165, 1.54) is 0 Å². The van der Waals surface area contributed by atoms with Gasteiger partial charge in [0.15, 0.2) is 0 Å². The highest BCUT2D eigenvalue weighted by molar-refractivity contribution is 14.1. The number of halogens is 1. The van der Waals surface area contributed by atoms with Crippen LogP contribution in [0.1, 0.15) is 33.6 Å². The number of nitrogens with one attached hydrogen (secondary N) is 2. The Morgan fingerprint density at radius 2 is 1.51 bits per heavy atom. The highest BCUT2D eigenvalue weighted by Crippen LogP contribution is 2.32. The third-order valence-electron chi connectivity index (χ3n) is 5.37. The maximum absolute atomic E-state index is 13.0. The average Bonchev–Trinajstić information content (AvgIpc) is 3.10. The van der Waals surface area contributed by atoms with E-state index in [4.69, 9.17) is 18.9 Å². The van der Waals surface area contributed by atoms with Crippen LogP contribution in [-0.2, 0) is 28.5 Å². The Labute approximate surface area is 217 Å². The average molecular weight is 603 g/mol. The van der Waals surface area contributed by atoms with Crippen molar-refractivity contribution in [1.82, 2.24) is 10.2 Å². The minimum Gasteiger partial charge on any atom is -0.382 e. The molecular formula is C23H30IN3O8. The molecule has 3 rings (SSSR count). The molecule has 2 N–H and O–H groups in total. The Morgan fingerprint density at radius 1 is 0.886 bits per heavy atom. The van der Waals surface area contributed by atoms with Gasteiger partial charge in [-0.15, -0.1) is 0 Å². The van der Waals surface area contributed by atoms with Gasteiger partial charge in [-0.1, -0.05) is 28.7 Å². The Bertz CT molecular complexity index is 913. The lowest BCUT2D eigenvalue weighted by molar-refractivity contribution is -0.136. The summed E-state index contributed by atoms with van der Waals surface area (Å²) >= 11 is 2.25. The fraction of sp³-hybridized carbons (Fsp3) is 0.565. The zero-order chi connectivity index (χ0) is 25.0. The number of ether oxygens (including phenoxy) is 4. The summed E-state index contributed by atoms with van der Waals surface area (Å²) in [5.74, 6) is -2.12. The number of nitrogens with zero attached hydrogens (tertiary/aromatic N) is 1. The van der Waals surface area contributed by atoms with Crippen molar-refractivity contribution >= 4 is 51.9 Å². The van der Waals surface area contributed by atoms with E-state index in [-0.39, 0.29) is 24.0 Å². The summed E-state index contributed by atoms with van der Waals surface area (Å²) in [6, 6.07) is 3.94. The third kappa shape index (κ3) is 7.67. The molecule has 2 heterocycles. The monoisotopic (exact) mass is 603 g/mol. The Kier molecular flexibility index (Phi) is 11.3. The number of fused-ring (bicyclic) bond motifs is 1. The minimum atomic E-state index is -0.990. The van der Waals surface area contributed by atoms with Crippen molar-refractivity contribution in [3.8, 4) is 0 Å². The predicted molar refractivity (Wildman–Crippen MR) is 134 cm³/mol. The molecule has 0 aliphatic carbocycles. The molecule has 35 heavy (non-hydrogen) atoms. The standard InChI is InChI=1S/C23H30IN3O8/c24-6-8-32-10-12-34-14-15-35-13-11-33-9-7-25-17-3-1-2-16-20(17)23(31)27(22(16)30)18-4-5-19(28)26-21(18)29/h1-3,18,25H,4-15H2,(H,26,28,29). The van der Waals surface area contributed by atoms with Gasteiger partial charge in [0.25, 0.3) is 11.8 Å². The smallest absolute Gasteiger partial charge is 0.264 e. The molecule has 1 saturated heterocycles. The largest absolute Gasteiger partial charge is 0.382 e. The summed E-state index contributed by atoms with van der Waals surface area (Å²) in [6.45, 7) is 4.46. The van der Waals surface area contributed by atoms with Crippen molar-refractivity contribution in [2.24, 2.45) is 0 Å². The first-order valence-electron chi connectivity index (χ1n) is 11.5. The van der Waals surface area contributed by atoms with Gasteiger partial charge in [0.05, 0.1) is 64.0 Å². The number of rotatable bonds is 16. The summed E-state index contributed by atoms with van der Waals surface area (Å²) in [6.07, 6.45) is 0.199. The number of hydrogen-bond donors (Lipinski definition) is 2. The fourth-order valence-corrected chi connectivity index (χ4v) is 4.05. The molecule has 0 spiro atoms. The van der Waals surface area contributed by atoms with Crippen molar-refractivity contribution < 1.29 is 38.1 Å². The third-order valence-corrected chi connectivity index (χ3v) is 5.81. The summed E-state index contributed by atoms with van der Waals surface area (Å²) < 4.78 is 22.6. The zero-order valence-corrected chi connectivity index (χ0v) is 21.5. The van der Waals surface area contributed by atoms with Crippen LogP contribution in [-0.4, -0.2) is 98.4 Å². The topological polar surface area (TPSA) is 132 Å². The van der Waals surface area contributed by atoms with Crippen LogP contribution in [0.25, 0.3) is 0 Å². The van der Waals surface area contributed by atoms with E-state index >= 15 is 0 Å². The first-order chi connectivity index (χ1) is 17.0. The van der Waals surface area contributed by atoms with Crippen molar-refractivity contribution in [2.45, 2.75) is 18.9 Å². The number of alkyl halides is 1. The maximum Gasteiger partial charge on any atom is 0.264 e. The van der Waals surface area contributed by atoms with Crippen LogP contribution in [0.4, 0.5) is 5.69 Å². The molecule has 1 aromatic rings. The molecule has 0 bridgehead atoms. The lowest BCUT2D eigenvalue weighted by atomic mass is 10.0. The Balaban J connectivity index is 1.35. The van der Waals surface area contributed by atoms with Crippen LogP contribution in [0.5, 0.6) is 0 Å². The molecular weight excluding hydrogens is 573 g/mol. The van der Waals surface area contributed by atoms with Crippen LogP contribution in [0.3, 0.4) is 0 Å². The van der Waals surface area contributed by atoms with Gasteiger partial charge in [-0.25, -0.2) is 0 Å². The number of benzene rings is 1. The molecule has 2 aliphatic heterocycles. The van der Waals surface area contributed by atoms with Gasteiger partial charge >= 0.3 is 0 Å².